The van der Waals surface area contributed by atoms with E-state index in [0.29, 0.717) is 0 Å². The standard InChI is InChI=1S/C19H21NO2/c1-20(15-17-8-12-19(22-3)13-9-17)14-4-5-16-6-10-18(21-2)11-7-16/h6-13H,14-15H2,1-3H3. The number of nitrogens with zero attached hydrogens (tertiary/aromatic N) is 1. The molecule has 0 aliphatic heterocycles. The minimum Gasteiger partial charge on any atom is -0.497 e. The molecule has 0 bridgehead atoms. The molecule has 0 aliphatic carbocycles. The van der Waals surface area contributed by atoms with Gasteiger partial charge in [-0.05, 0) is 49.0 Å². The predicted octanol–water partition coefficient (Wildman–Crippen LogP) is 3.19. The number of hydrogen-bond donors (Lipinski definition) is 0. The van der Waals surface area contributed by atoms with Crippen LogP contribution in [0.15, 0.2) is 48.5 Å². The maximum absolute atomic E-state index is 5.16. The molecule has 2 aromatic carbocycles. The maximum atomic E-state index is 5.16. The van der Waals surface area contributed by atoms with Gasteiger partial charge in [0.1, 0.15) is 11.5 Å². The Hall–Kier alpha value is -2.44. The number of rotatable bonds is 5. The van der Waals surface area contributed by atoms with Crippen molar-refractivity contribution in [2.45, 2.75) is 6.54 Å². The van der Waals surface area contributed by atoms with Gasteiger partial charge < -0.3 is 9.47 Å². The van der Waals surface area contributed by atoms with Gasteiger partial charge in [-0.25, -0.2) is 0 Å². The maximum Gasteiger partial charge on any atom is 0.118 e. The highest BCUT2D eigenvalue weighted by Crippen LogP contribution is 2.12. The van der Waals surface area contributed by atoms with E-state index in [1.807, 2.05) is 36.4 Å². The minimum absolute atomic E-state index is 0.720. The molecule has 2 aromatic rings. The second kappa shape index (κ2) is 8.11. The van der Waals surface area contributed by atoms with E-state index in [4.69, 9.17) is 9.47 Å². The first-order chi connectivity index (χ1) is 10.7. The van der Waals surface area contributed by atoms with Crippen molar-refractivity contribution in [3.63, 3.8) is 0 Å². The number of benzene rings is 2. The van der Waals surface area contributed by atoms with Gasteiger partial charge in [0, 0.05) is 12.1 Å². The zero-order valence-electron chi connectivity index (χ0n) is 13.3. The summed E-state index contributed by atoms with van der Waals surface area (Å²) >= 11 is 0. The molecule has 0 atom stereocenters. The molecule has 0 fully saturated rings. The summed E-state index contributed by atoms with van der Waals surface area (Å²) < 4.78 is 10.3. The Morgan fingerprint density at radius 1 is 0.864 bits per heavy atom. The van der Waals surface area contributed by atoms with Gasteiger partial charge in [-0.15, -0.1) is 0 Å². The van der Waals surface area contributed by atoms with Gasteiger partial charge in [-0.1, -0.05) is 24.0 Å². The molecule has 0 saturated carbocycles. The van der Waals surface area contributed by atoms with Crippen LogP contribution in [0.25, 0.3) is 0 Å². The zero-order valence-corrected chi connectivity index (χ0v) is 13.3. The van der Waals surface area contributed by atoms with Crippen LogP contribution in [-0.4, -0.2) is 32.7 Å². The molecule has 3 nitrogen and oxygen atoms in total. The summed E-state index contributed by atoms with van der Waals surface area (Å²) in [6.45, 7) is 1.58. The van der Waals surface area contributed by atoms with Crippen molar-refractivity contribution in [2.75, 3.05) is 27.8 Å². The highest BCUT2D eigenvalue weighted by molar-refractivity contribution is 5.38. The Morgan fingerprint density at radius 3 is 1.95 bits per heavy atom. The van der Waals surface area contributed by atoms with Crippen molar-refractivity contribution in [2.24, 2.45) is 0 Å². The van der Waals surface area contributed by atoms with Crippen molar-refractivity contribution in [3.8, 4) is 23.3 Å². The molecular formula is C19H21NO2. The first-order valence-electron chi connectivity index (χ1n) is 7.15. The summed E-state index contributed by atoms with van der Waals surface area (Å²) in [5.41, 5.74) is 2.24. The van der Waals surface area contributed by atoms with Crippen LogP contribution < -0.4 is 9.47 Å². The van der Waals surface area contributed by atoms with Crippen LogP contribution in [0.5, 0.6) is 11.5 Å². The first kappa shape index (κ1) is 15.9. The van der Waals surface area contributed by atoms with Gasteiger partial charge >= 0.3 is 0 Å². The molecule has 0 N–H and O–H groups in total. The van der Waals surface area contributed by atoms with Gasteiger partial charge in [0.25, 0.3) is 0 Å². The second-order valence-electron chi connectivity index (χ2n) is 5.05. The Morgan fingerprint density at radius 2 is 1.41 bits per heavy atom. The summed E-state index contributed by atoms with van der Waals surface area (Å²) in [6, 6.07) is 15.9. The number of methoxy groups -OCH3 is 2. The van der Waals surface area contributed by atoms with Crippen LogP contribution in [0.2, 0.25) is 0 Å². The van der Waals surface area contributed by atoms with Gasteiger partial charge in [-0.3, -0.25) is 4.90 Å². The highest BCUT2D eigenvalue weighted by Gasteiger charge is 1.99. The van der Waals surface area contributed by atoms with E-state index >= 15 is 0 Å². The second-order valence-corrected chi connectivity index (χ2v) is 5.05. The average molecular weight is 295 g/mol. The fourth-order valence-corrected chi connectivity index (χ4v) is 2.05. The monoisotopic (exact) mass is 295 g/mol. The summed E-state index contributed by atoms with van der Waals surface area (Å²) in [7, 11) is 5.40. The number of hydrogen-bond acceptors (Lipinski definition) is 3. The number of ether oxygens (including phenoxy) is 2. The van der Waals surface area contributed by atoms with Crippen molar-refractivity contribution in [3.05, 3.63) is 59.7 Å². The molecule has 0 aromatic heterocycles. The van der Waals surface area contributed by atoms with Crippen LogP contribution in [0.1, 0.15) is 11.1 Å². The topological polar surface area (TPSA) is 21.7 Å². The Kier molecular flexibility index (Phi) is 5.88. The molecule has 0 aliphatic rings. The molecule has 0 spiro atoms. The fourth-order valence-electron chi connectivity index (χ4n) is 2.05. The third-order valence-electron chi connectivity index (χ3n) is 3.28. The minimum atomic E-state index is 0.720. The van der Waals surface area contributed by atoms with E-state index in [2.05, 4.69) is 35.9 Å². The Balaban J connectivity index is 1.86. The smallest absolute Gasteiger partial charge is 0.118 e. The van der Waals surface area contributed by atoms with Crippen LogP contribution in [0.4, 0.5) is 0 Å². The molecule has 0 heterocycles. The Bertz CT molecular complexity index is 636. The summed E-state index contributed by atoms with van der Waals surface area (Å²) in [5, 5.41) is 0. The molecule has 0 saturated heterocycles. The molecule has 0 radical (unpaired) electrons. The van der Waals surface area contributed by atoms with Crippen LogP contribution in [0, 0.1) is 11.8 Å². The average Bonchev–Trinajstić information content (AvgIpc) is 2.56. The third-order valence-corrected chi connectivity index (χ3v) is 3.28. The van der Waals surface area contributed by atoms with Gasteiger partial charge in [0.15, 0.2) is 0 Å². The highest BCUT2D eigenvalue weighted by atomic mass is 16.5. The molecule has 3 heteroatoms. The SMILES string of the molecule is COc1ccc(C#CCN(C)Cc2ccc(OC)cc2)cc1. The molecule has 0 unspecified atom stereocenters. The summed E-state index contributed by atoms with van der Waals surface area (Å²) in [6.07, 6.45) is 0. The lowest BCUT2D eigenvalue weighted by molar-refractivity contribution is 0.368. The van der Waals surface area contributed by atoms with Gasteiger partial charge in [-0.2, -0.15) is 0 Å². The zero-order chi connectivity index (χ0) is 15.8. The van der Waals surface area contributed by atoms with Crippen LogP contribution in [-0.2, 0) is 6.54 Å². The van der Waals surface area contributed by atoms with Gasteiger partial charge in [0.2, 0.25) is 0 Å². The largest absolute Gasteiger partial charge is 0.497 e. The van der Waals surface area contributed by atoms with E-state index in [1.54, 1.807) is 14.2 Å². The Labute approximate surface area is 132 Å². The molecule has 2 rings (SSSR count). The van der Waals surface area contributed by atoms with E-state index in [1.165, 1.54) is 5.56 Å². The lowest BCUT2D eigenvalue weighted by Crippen LogP contribution is -2.17. The van der Waals surface area contributed by atoms with Gasteiger partial charge in [0.05, 0.1) is 20.8 Å². The summed E-state index contributed by atoms with van der Waals surface area (Å²) in [4.78, 5) is 2.18. The normalized spacial score (nSPS) is 10.0. The molecule has 0 amide bonds. The van der Waals surface area contributed by atoms with E-state index in [9.17, 15) is 0 Å². The predicted molar refractivity (Wildman–Crippen MR) is 89.2 cm³/mol. The fraction of sp³-hybridized carbons (Fsp3) is 0.263. The van der Waals surface area contributed by atoms with Crippen molar-refractivity contribution in [1.29, 1.82) is 0 Å². The van der Waals surface area contributed by atoms with E-state index in [-0.39, 0.29) is 0 Å². The van der Waals surface area contributed by atoms with Crippen molar-refractivity contribution >= 4 is 0 Å². The van der Waals surface area contributed by atoms with Crippen molar-refractivity contribution < 1.29 is 9.47 Å². The van der Waals surface area contributed by atoms with E-state index in [0.717, 1.165) is 30.2 Å². The van der Waals surface area contributed by atoms with Crippen LogP contribution in [0.3, 0.4) is 0 Å². The first-order valence-corrected chi connectivity index (χ1v) is 7.15. The molecule has 22 heavy (non-hydrogen) atoms. The van der Waals surface area contributed by atoms with Crippen molar-refractivity contribution in [1.82, 2.24) is 4.90 Å². The third kappa shape index (κ3) is 4.83. The van der Waals surface area contributed by atoms with E-state index < -0.39 is 0 Å². The van der Waals surface area contributed by atoms with Crippen LogP contribution >= 0.6 is 0 Å². The molecular weight excluding hydrogens is 274 g/mol. The lowest BCUT2D eigenvalue weighted by atomic mass is 10.2. The molecule has 114 valence electrons. The lowest BCUT2D eigenvalue weighted by Gasteiger charge is -2.13. The summed E-state index contributed by atoms with van der Waals surface area (Å²) in [5.74, 6) is 8.09. The quantitative estimate of drug-likeness (QED) is 0.791.